The van der Waals surface area contributed by atoms with Gasteiger partial charge in [0.15, 0.2) is 0 Å². The maximum Gasteiger partial charge on any atom is 0.0794 e. The number of methoxy groups -OCH3 is 1. The number of hydrogen-bond donors (Lipinski definition) is 1. The van der Waals surface area contributed by atoms with E-state index in [4.69, 9.17) is 4.74 Å². The average molecular weight is 242 g/mol. The largest absolute Gasteiger partial charge is 0.377 e. The number of ether oxygens (including phenoxy) is 1. The molecular formula is C12H22N2OS. The highest BCUT2D eigenvalue weighted by Gasteiger charge is 2.29. The van der Waals surface area contributed by atoms with Crippen LogP contribution in [0.5, 0.6) is 0 Å². The van der Waals surface area contributed by atoms with E-state index in [1.807, 2.05) is 11.7 Å². The van der Waals surface area contributed by atoms with Crippen LogP contribution in [0.15, 0.2) is 11.7 Å². The zero-order valence-electron chi connectivity index (χ0n) is 10.6. The number of nitrogens with one attached hydrogen (secondary N) is 1. The van der Waals surface area contributed by atoms with Gasteiger partial charge in [0.2, 0.25) is 0 Å². The molecule has 0 bridgehead atoms. The zero-order chi connectivity index (χ0) is 12.0. The molecule has 0 aliphatic carbocycles. The van der Waals surface area contributed by atoms with Crippen molar-refractivity contribution in [2.45, 2.75) is 45.3 Å². The lowest BCUT2D eigenvalue weighted by Gasteiger charge is -2.33. The molecule has 0 fully saturated rings. The first-order chi connectivity index (χ1) is 7.60. The van der Waals surface area contributed by atoms with Crippen molar-refractivity contribution < 1.29 is 4.74 Å². The number of thiazole rings is 1. The van der Waals surface area contributed by atoms with Crippen LogP contribution in [-0.2, 0) is 11.2 Å². The van der Waals surface area contributed by atoms with Crippen molar-refractivity contribution in [2.75, 3.05) is 13.7 Å². The third kappa shape index (κ3) is 3.85. The first-order valence-corrected chi connectivity index (χ1v) is 6.64. The first kappa shape index (κ1) is 13.6. The molecule has 4 heteroatoms. The van der Waals surface area contributed by atoms with Gasteiger partial charge < -0.3 is 10.1 Å². The smallest absolute Gasteiger partial charge is 0.0794 e. The Bertz CT molecular complexity index is 285. The Morgan fingerprint density at radius 1 is 1.56 bits per heavy atom. The Morgan fingerprint density at radius 2 is 2.31 bits per heavy atom. The normalized spacial score (nSPS) is 14.0. The van der Waals surface area contributed by atoms with Gasteiger partial charge in [0.05, 0.1) is 11.1 Å². The van der Waals surface area contributed by atoms with Gasteiger partial charge in [0.1, 0.15) is 0 Å². The highest BCUT2D eigenvalue weighted by atomic mass is 32.1. The quantitative estimate of drug-likeness (QED) is 0.797. The number of nitrogens with zero attached hydrogens (tertiary/aromatic N) is 1. The van der Waals surface area contributed by atoms with Crippen molar-refractivity contribution in [1.82, 2.24) is 10.3 Å². The summed E-state index contributed by atoms with van der Waals surface area (Å²) < 4.78 is 5.57. The van der Waals surface area contributed by atoms with E-state index in [1.165, 1.54) is 4.88 Å². The molecule has 0 spiro atoms. The summed E-state index contributed by atoms with van der Waals surface area (Å²) in [7, 11) is 1.77. The number of aromatic nitrogens is 1. The van der Waals surface area contributed by atoms with Crippen LogP contribution in [0.2, 0.25) is 0 Å². The summed E-state index contributed by atoms with van der Waals surface area (Å²) in [6.45, 7) is 7.45. The molecule has 16 heavy (non-hydrogen) atoms. The Morgan fingerprint density at radius 3 is 2.81 bits per heavy atom. The molecular weight excluding hydrogens is 220 g/mol. The van der Waals surface area contributed by atoms with Gasteiger partial charge in [-0.3, -0.25) is 4.98 Å². The molecule has 0 radical (unpaired) electrons. The van der Waals surface area contributed by atoms with Crippen LogP contribution in [0.4, 0.5) is 0 Å². The van der Waals surface area contributed by atoms with E-state index in [1.54, 1.807) is 18.4 Å². The van der Waals surface area contributed by atoms with Crippen LogP contribution in [0.1, 0.15) is 32.1 Å². The van der Waals surface area contributed by atoms with E-state index < -0.39 is 0 Å². The molecule has 1 rings (SSSR count). The Labute approximate surface area is 102 Å². The average Bonchev–Trinajstić information content (AvgIpc) is 2.76. The topological polar surface area (TPSA) is 34.2 Å². The predicted octanol–water partition coefficient (Wildman–Crippen LogP) is 2.48. The van der Waals surface area contributed by atoms with Gasteiger partial charge >= 0.3 is 0 Å². The van der Waals surface area contributed by atoms with E-state index in [2.05, 4.69) is 31.1 Å². The fourth-order valence-corrected chi connectivity index (χ4v) is 2.21. The molecule has 1 N–H and O–H groups in total. The van der Waals surface area contributed by atoms with Gasteiger partial charge in [-0.1, -0.05) is 6.92 Å². The van der Waals surface area contributed by atoms with Gasteiger partial charge in [-0.25, -0.2) is 0 Å². The molecule has 0 saturated heterocycles. The highest BCUT2D eigenvalue weighted by molar-refractivity contribution is 7.09. The van der Waals surface area contributed by atoms with Crippen molar-refractivity contribution in [3.8, 4) is 0 Å². The molecule has 92 valence electrons. The number of rotatable bonds is 7. The molecule has 1 aromatic rings. The third-order valence-electron chi connectivity index (χ3n) is 2.89. The van der Waals surface area contributed by atoms with Crippen LogP contribution in [0.25, 0.3) is 0 Å². The minimum Gasteiger partial charge on any atom is -0.377 e. The summed E-state index contributed by atoms with van der Waals surface area (Å²) >= 11 is 1.70. The Kier molecular flexibility index (Phi) is 5.38. The monoisotopic (exact) mass is 242 g/mol. The maximum absolute atomic E-state index is 5.57. The second kappa shape index (κ2) is 6.33. The summed E-state index contributed by atoms with van der Waals surface area (Å²) in [5.41, 5.74) is 1.73. The predicted molar refractivity (Wildman–Crippen MR) is 69.0 cm³/mol. The van der Waals surface area contributed by atoms with E-state index in [0.717, 1.165) is 19.4 Å². The van der Waals surface area contributed by atoms with Crippen LogP contribution >= 0.6 is 11.3 Å². The molecule has 0 aliphatic heterocycles. The van der Waals surface area contributed by atoms with E-state index in [-0.39, 0.29) is 5.60 Å². The lowest BCUT2D eigenvalue weighted by Crippen LogP contribution is -2.49. The summed E-state index contributed by atoms with van der Waals surface area (Å²) in [6.07, 6.45) is 4.06. The Hall–Kier alpha value is -0.450. The van der Waals surface area contributed by atoms with Gasteiger partial charge in [0.25, 0.3) is 0 Å². The van der Waals surface area contributed by atoms with Crippen LogP contribution in [-0.4, -0.2) is 30.3 Å². The zero-order valence-corrected chi connectivity index (χ0v) is 11.4. The molecule has 0 amide bonds. The molecule has 3 nitrogen and oxygen atoms in total. The second-order valence-electron chi connectivity index (χ2n) is 4.49. The third-order valence-corrected chi connectivity index (χ3v) is 3.70. The molecule has 0 aliphatic rings. The molecule has 0 aromatic carbocycles. The van der Waals surface area contributed by atoms with E-state index in [0.29, 0.717) is 6.04 Å². The van der Waals surface area contributed by atoms with Gasteiger partial charge in [0, 0.05) is 30.6 Å². The minimum absolute atomic E-state index is 0.154. The second-order valence-corrected chi connectivity index (χ2v) is 5.46. The lowest BCUT2D eigenvalue weighted by atomic mass is 9.95. The fourth-order valence-electron chi connectivity index (χ4n) is 1.57. The summed E-state index contributed by atoms with van der Waals surface area (Å²) in [5.74, 6) is 0. The van der Waals surface area contributed by atoms with Crippen molar-refractivity contribution in [3.63, 3.8) is 0 Å². The molecule has 1 atom stereocenters. The van der Waals surface area contributed by atoms with Crippen molar-refractivity contribution in [2.24, 2.45) is 0 Å². The minimum atomic E-state index is -0.154. The summed E-state index contributed by atoms with van der Waals surface area (Å²) in [6, 6.07) is 0.331. The SMILES string of the molecule is CCCNC(Cc1cncs1)C(C)(C)OC. The standard InChI is InChI=1S/C12H22N2OS/c1-5-6-14-11(12(2,3)15-4)7-10-8-13-9-16-10/h8-9,11,14H,5-7H2,1-4H3. The molecule has 1 unspecified atom stereocenters. The lowest BCUT2D eigenvalue weighted by molar-refractivity contribution is -0.00977. The molecule has 1 heterocycles. The fraction of sp³-hybridized carbons (Fsp3) is 0.750. The van der Waals surface area contributed by atoms with E-state index in [9.17, 15) is 0 Å². The van der Waals surface area contributed by atoms with Crippen LogP contribution in [0, 0.1) is 0 Å². The van der Waals surface area contributed by atoms with Crippen LogP contribution < -0.4 is 5.32 Å². The van der Waals surface area contributed by atoms with Gasteiger partial charge in [-0.05, 0) is 26.8 Å². The molecule has 0 saturated carbocycles. The summed E-state index contributed by atoms with van der Waals surface area (Å²) in [5, 5.41) is 3.55. The van der Waals surface area contributed by atoms with Gasteiger partial charge in [-0.2, -0.15) is 0 Å². The first-order valence-electron chi connectivity index (χ1n) is 5.76. The van der Waals surface area contributed by atoms with Crippen molar-refractivity contribution in [1.29, 1.82) is 0 Å². The Balaban J connectivity index is 2.63. The summed E-state index contributed by atoms with van der Waals surface area (Å²) in [4.78, 5) is 5.42. The van der Waals surface area contributed by atoms with E-state index >= 15 is 0 Å². The highest BCUT2D eigenvalue weighted by Crippen LogP contribution is 2.19. The number of hydrogen-bond acceptors (Lipinski definition) is 4. The van der Waals surface area contributed by atoms with Crippen molar-refractivity contribution >= 4 is 11.3 Å². The van der Waals surface area contributed by atoms with Crippen LogP contribution in [0.3, 0.4) is 0 Å². The van der Waals surface area contributed by atoms with Gasteiger partial charge in [-0.15, -0.1) is 11.3 Å². The maximum atomic E-state index is 5.57. The molecule has 1 aromatic heterocycles. The van der Waals surface area contributed by atoms with Crippen molar-refractivity contribution in [3.05, 3.63) is 16.6 Å².